The third-order valence-electron chi connectivity index (χ3n) is 4.93. The highest BCUT2D eigenvalue weighted by Crippen LogP contribution is 2.32. The van der Waals surface area contributed by atoms with E-state index in [4.69, 9.17) is 9.47 Å². The minimum absolute atomic E-state index is 0.0971. The van der Waals surface area contributed by atoms with E-state index >= 15 is 0 Å². The van der Waals surface area contributed by atoms with Gasteiger partial charge in [0.1, 0.15) is 12.0 Å². The highest BCUT2D eigenvalue weighted by atomic mass is 32.2. The molecule has 0 radical (unpaired) electrons. The molecule has 0 saturated heterocycles. The van der Waals surface area contributed by atoms with E-state index in [9.17, 15) is 13.2 Å². The van der Waals surface area contributed by atoms with Crippen molar-refractivity contribution in [2.45, 2.75) is 4.90 Å². The van der Waals surface area contributed by atoms with Crippen LogP contribution in [0.1, 0.15) is 10.4 Å². The van der Waals surface area contributed by atoms with E-state index in [0.717, 1.165) is 28.1 Å². The molecule has 0 fully saturated rings. The second kappa shape index (κ2) is 7.34. The van der Waals surface area contributed by atoms with Crippen LogP contribution in [-0.4, -0.2) is 38.5 Å². The van der Waals surface area contributed by atoms with Crippen molar-refractivity contribution >= 4 is 43.8 Å². The summed E-state index contributed by atoms with van der Waals surface area (Å²) in [6, 6.07) is 13.3. The SMILES string of the molecule is COc1ccc(NS(=O)(=O)c2ccc3c(c2)c2ccc(C=O)cc2n3C)c(OC)n1. The molecule has 0 spiro atoms. The summed E-state index contributed by atoms with van der Waals surface area (Å²) in [5.74, 6) is 0.409. The molecule has 2 aromatic carbocycles. The largest absolute Gasteiger partial charge is 0.481 e. The number of pyridine rings is 1. The van der Waals surface area contributed by atoms with E-state index in [1.165, 1.54) is 26.4 Å². The second-order valence-electron chi connectivity index (χ2n) is 6.65. The molecule has 0 aliphatic heterocycles. The number of anilines is 1. The molecule has 30 heavy (non-hydrogen) atoms. The van der Waals surface area contributed by atoms with Crippen molar-refractivity contribution < 1.29 is 22.7 Å². The van der Waals surface area contributed by atoms with Crippen molar-refractivity contribution in [3.8, 4) is 11.8 Å². The Labute approximate surface area is 173 Å². The van der Waals surface area contributed by atoms with Gasteiger partial charge in [0, 0.05) is 40.5 Å². The number of methoxy groups -OCH3 is 2. The Morgan fingerprint density at radius 1 is 0.967 bits per heavy atom. The van der Waals surface area contributed by atoms with Crippen LogP contribution in [0.5, 0.6) is 11.8 Å². The molecule has 0 bridgehead atoms. The maximum absolute atomic E-state index is 13.0. The molecule has 9 heteroatoms. The van der Waals surface area contributed by atoms with Crippen LogP contribution in [0.3, 0.4) is 0 Å². The lowest BCUT2D eigenvalue weighted by Gasteiger charge is -2.12. The van der Waals surface area contributed by atoms with Crippen LogP contribution in [0.2, 0.25) is 0 Å². The zero-order chi connectivity index (χ0) is 21.5. The van der Waals surface area contributed by atoms with E-state index in [1.54, 1.807) is 30.3 Å². The van der Waals surface area contributed by atoms with Crippen LogP contribution in [0.25, 0.3) is 21.8 Å². The number of hydrogen-bond donors (Lipinski definition) is 1. The number of aromatic nitrogens is 2. The predicted octanol–water partition coefficient (Wildman–Crippen LogP) is 3.36. The molecule has 0 aliphatic rings. The molecule has 154 valence electrons. The van der Waals surface area contributed by atoms with Gasteiger partial charge in [-0.3, -0.25) is 9.52 Å². The molecule has 0 atom stereocenters. The Bertz CT molecular complexity index is 1390. The molecule has 2 heterocycles. The zero-order valence-corrected chi connectivity index (χ0v) is 17.4. The quantitative estimate of drug-likeness (QED) is 0.476. The van der Waals surface area contributed by atoms with Crippen LogP contribution in [-0.2, 0) is 17.1 Å². The molecule has 0 unspecified atom stereocenters. The molecule has 8 nitrogen and oxygen atoms in total. The van der Waals surface area contributed by atoms with Crippen molar-refractivity contribution in [2.24, 2.45) is 7.05 Å². The van der Waals surface area contributed by atoms with Gasteiger partial charge < -0.3 is 14.0 Å². The molecular formula is C21H19N3O5S. The fraction of sp³-hybridized carbons (Fsp3) is 0.143. The van der Waals surface area contributed by atoms with Crippen LogP contribution < -0.4 is 14.2 Å². The average molecular weight is 425 g/mol. The number of nitrogens with zero attached hydrogens (tertiary/aromatic N) is 2. The Balaban J connectivity index is 1.80. The first-order valence-electron chi connectivity index (χ1n) is 8.97. The molecule has 0 aliphatic carbocycles. The molecule has 0 amide bonds. The lowest BCUT2D eigenvalue weighted by molar-refractivity contribution is 0.112. The number of aldehydes is 1. The van der Waals surface area contributed by atoms with E-state index in [2.05, 4.69) is 9.71 Å². The topological polar surface area (TPSA) is 99.5 Å². The summed E-state index contributed by atoms with van der Waals surface area (Å²) in [5, 5.41) is 1.63. The third kappa shape index (κ3) is 3.22. The lowest BCUT2D eigenvalue weighted by Crippen LogP contribution is -2.14. The maximum Gasteiger partial charge on any atom is 0.262 e. The highest BCUT2D eigenvalue weighted by Gasteiger charge is 2.20. The number of hydrogen-bond acceptors (Lipinski definition) is 6. The first kappa shape index (κ1) is 19.7. The van der Waals surface area contributed by atoms with Gasteiger partial charge >= 0.3 is 0 Å². The van der Waals surface area contributed by atoms with Crippen molar-refractivity contribution in [1.29, 1.82) is 0 Å². The fourth-order valence-corrected chi connectivity index (χ4v) is 4.50. The zero-order valence-electron chi connectivity index (χ0n) is 16.5. The number of nitrogens with one attached hydrogen (secondary N) is 1. The van der Waals surface area contributed by atoms with E-state index < -0.39 is 10.0 Å². The second-order valence-corrected chi connectivity index (χ2v) is 8.33. The fourth-order valence-electron chi connectivity index (χ4n) is 3.42. The molecule has 0 saturated carbocycles. The smallest absolute Gasteiger partial charge is 0.262 e. The summed E-state index contributed by atoms with van der Waals surface area (Å²) >= 11 is 0. The Hall–Kier alpha value is -3.59. The number of fused-ring (bicyclic) bond motifs is 3. The lowest BCUT2D eigenvalue weighted by atomic mass is 10.1. The standard InChI is InChI=1S/C21H19N3O5S/c1-24-18-8-5-14(11-16(18)15-6-4-13(12-25)10-19(15)24)30(26,27)23-17-7-9-20(28-2)22-21(17)29-3/h4-12,23H,1-3H3. The van der Waals surface area contributed by atoms with E-state index in [1.807, 2.05) is 17.7 Å². The van der Waals surface area contributed by atoms with Crippen LogP contribution in [0.15, 0.2) is 53.4 Å². The minimum atomic E-state index is -3.91. The molecule has 2 aromatic heterocycles. The van der Waals surface area contributed by atoms with E-state index in [-0.39, 0.29) is 16.5 Å². The van der Waals surface area contributed by atoms with Gasteiger partial charge in [0.05, 0.1) is 19.1 Å². The summed E-state index contributed by atoms with van der Waals surface area (Å²) in [7, 11) is 0.829. The molecule has 4 rings (SSSR count). The van der Waals surface area contributed by atoms with Gasteiger partial charge in [0.25, 0.3) is 10.0 Å². The Morgan fingerprint density at radius 3 is 2.47 bits per heavy atom. The number of carbonyl (C=O) groups is 1. The van der Waals surface area contributed by atoms with Crippen LogP contribution >= 0.6 is 0 Å². The van der Waals surface area contributed by atoms with Gasteiger partial charge in [-0.05, 0) is 30.3 Å². The van der Waals surface area contributed by atoms with Gasteiger partial charge in [0.2, 0.25) is 11.8 Å². The Morgan fingerprint density at radius 2 is 1.77 bits per heavy atom. The van der Waals surface area contributed by atoms with Gasteiger partial charge in [-0.15, -0.1) is 0 Å². The van der Waals surface area contributed by atoms with Gasteiger partial charge in [-0.2, -0.15) is 4.98 Å². The van der Waals surface area contributed by atoms with E-state index in [0.29, 0.717) is 11.4 Å². The van der Waals surface area contributed by atoms with Crippen molar-refractivity contribution in [3.63, 3.8) is 0 Å². The van der Waals surface area contributed by atoms with Crippen molar-refractivity contribution in [1.82, 2.24) is 9.55 Å². The average Bonchev–Trinajstić information content (AvgIpc) is 3.04. The highest BCUT2D eigenvalue weighted by molar-refractivity contribution is 7.92. The van der Waals surface area contributed by atoms with Crippen molar-refractivity contribution in [2.75, 3.05) is 18.9 Å². The molecular weight excluding hydrogens is 406 g/mol. The minimum Gasteiger partial charge on any atom is -0.481 e. The number of rotatable bonds is 6. The number of ether oxygens (including phenoxy) is 2. The Kier molecular flexibility index (Phi) is 4.83. The number of aryl methyl sites for hydroxylation is 1. The summed E-state index contributed by atoms with van der Waals surface area (Å²) in [4.78, 5) is 15.3. The summed E-state index contributed by atoms with van der Waals surface area (Å²) < 4.78 is 40.7. The first-order chi connectivity index (χ1) is 14.4. The third-order valence-corrected chi connectivity index (χ3v) is 6.29. The predicted molar refractivity (Wildman–Crippen MR) is 114 cm³/mol. The molecule has 1 N–H and O–H groups in total. The maximum atomic E-state index is 13.0. The summed E-state index contributed by atoms with van der Waals surface area (Å²) in [6.07, 6.45) is 0.785. The van der Waals surface area contributed by atoms with Gasteiger partial charge in [-0.1, -0.05) is 12.1 Å². The first-order valence-corrected chi connectivity index (χ1v) is 10.5. The summed E-state index contributed by atoms with van der Waals surface area (Å²) in [6.45, 7) is 0. The number of benzene rings is 2. The normalized spacial score (nSPS) is 11.6. The van der Waals surface area contributed by atoms with Crippen LogP contribution in [0.4, 0.5) is 5.69 Å². The van der Waals surface area contributed by atoms with Gasteiger partial charge in [0.15, 0.2) is 0 Å². The van der Waals surface area contributed by atoms with Gasteiger partial charge in [-0.25, -0.2) is 8.42 Å². The van der Waals surface area contributed by atoms with Crippen molar-refractivity contribution in [3.05, 3.63) is 54.1 Å². The number of sulfonamides is 1. The monoisotopic (exact) mass is 425 g/mol. The molecule has 4 aromatic rings. The summed E-state index contributed by atoms with van der Waals surface area (Å²) in [5.41, 5.74) is 2.46. The van der Waals surface area contributed by atoms with Crippen LogP contribution in [0, 0.1) is 0 Å². The number of carbonyl (C=O) groups excluding carboxylic acids is 1.